The van der Waals surface area contributed by atoms with Crippen LogP contribution in [0.2, 0.25) is 5.02 Å². The van der Waals surface area contributed by atoms with Crippen LogP contribution in [0, 0.1) is 0 Å². The van der Waals surface area contributed by atoms with Gasteiger partial charge in [0.1, 0.15) is 0 Å². The second-order valence-electron chi connectivity index (χ2n) is 9.33. The SMILES string of the molecule is CC(C)(O)C(C)(C)O[B]c1ccc(-c2nc3c(Cl)cccc3c3c2sc2ccccc23)cc1. The Labute approximate surface area is 203 Å². The van der Waals surface area contributed by atoms with Crippen molar-refractivity contribution in [3.8, 4) is 11.3 Å². The Morgan fingerprint density at radius 2 is 1.61 bits per heavy atom. The quantitative estimate of drug-likeness (QED) is 0.288. The number of thiophene rings is 1. The van der Waals surface area contributed by atoms with Crippen molar-refractivity contribution in [1.82, 2.24) is 4.98 Å². The van der Waals surface area contributed by atoms with Gasteiger partial charge in [-0.15, -0.1) is 11.3 Å². The number of hydrogen-bond donors (Lipinski definition) is 1. The molecule has 0 unspecified atom stereocenters. The number of aliphatic hydroxyl groups is 1. The number of fused-ring (bicyclic) bond motifs is 5. The van der Waals surface area contributed by atoms with Crippen LogP contribution >= 0.6 is 22.9 Å². The Morgan fingerprint density at radius 1 is 0.909 bits per heavy atom. The van der Waals surface area contributed by atoms with E-state index in [-0.39, 0.29) is 0 Å². The molecule has 0 atom stereocenters. The van der Waals surface area contributed by atoms with Gasteiger partial charge in [-0.2, -0.15) is 0 Å². The number of pyridine rings is 1. The average Bonchev–Trinajstić information content (AvgIpc) is 3.17. The van der Waals surface area contributed by atoms with E-state index in [1.54, 1.807) is 32.7 Å². The summed E-state index contributed by atoms with van der Waals surface area (Å²) in [5.74, 6) is 0. The Balaban J connectivity index is 1.60. The molecule has 0 saturated heterocycles. The van der Waals surface area contributed by atoms with Crippen molar-refractivity contribution in [3.63, 3.8) is 0 Å². The van der Waals surface area contributed by atoms with Gasteiger partial charge >= 0.3 is 7.48 Å². The summed E-state index contributed by atoms with van der Waals surface area (Å²) in [7, 11) is 1.70. The Morgan fingerprint density at radius 3 is 2.33 bits per heavy atom. The number of hydrogen-bond acceptors (Lipinski definition) is 4. The molecule has 33 heavy (non-hydrogen) atoms. The van der Waals surface area contributed by atoms with Crippen molar-refractivity contribution in [2.45, 2.75) is 38.9 Å². The molecule has 165 valence electrons. The summed E-state index contributed by atoms with van der Waals surface area (Å²) in [6.07, 6.45) is 0. The molecule has 0 aliphatic rings. The molecule has 0 fully saturated rings. The minimum Gasteiger partial charge on any atom is -0.427 e. The Hall–Kier alpha value is -2.44. The van der Waals surface area contributed by atoms with Crippen LogP contribution in [0.5, 0.6) is 0 Å². The third-order valence-electron chi connectivity index (χ3n) is 6.44. The maximum absolute atomic E-state index is 10.3. The Bertz CT molecular complexity index is 1490. The predicted molar refractivity (Wildman–Crippen MR) is 142 cm³/mol. The van der Waals surface area contributed by atoms with Gasteiger partial charge in [0.15, 0.2) is 0 Å². The molecule has 0 spiro atoms. The number of halogens is 1. The minimum absolute atomic E-state index is 0.651. The normalized spacial score (nSPS) is 12.7. The molecule has 3 aromatic carbocycles. The number of aromatic nitrogens is 1. The standard InChI is InChI=1S/C27H24BClNO2S/c1-26(2,31)27(3,4)32-28-17-14-12-16(13-15-17)23-25-22(18-8-5-6-11-21(18)33-25)19-9-7-10-20(29)24(19)30-23/h5-15,31H,1-4H3. The lowest BCUT2D eigenvalue weighted by molar-refractivity contribution is -0.0893. The highest BCUT2D eigenvalue weighted by Crippen LogP contribution is 2.43. The van der Waals surface area contributed by atoms with Crippen LogP contribution in [0.4, 0.5) is 0 Å². The minimum atomic E-state index is -0.968. The first-order chi connectivity index (χ1) is 15.7. The fourth-order valence-electron chi connectivity index (χ4n) is 3.75. The monoisotopic (exact) mass is 472 g/mol. The van der Waals surface area contributed by atoms with E-state index in [1.807, 2.05) is 38.1 Å². The summed E-state index contributed by atoms with van der Waals surface area (Å²) in [4.78, 5) is 5.02. The van der Waals surface area contributed by atoms with Crippen molar-refractivity contribution >= 4 is 67.0 Å². The topological polar surface area (TPSA) is 42.4 Å². The highest BCUT2D eigenvalue weighted by atomic mass is 35.5. The number of benzene rings is 3. The van der Waals surface area contributed by atoms with Crippen LogP contribution in [0.1, 0.15) is 27.7 Å². The molecule has 5 aromatic rings. The van der Waals surface area contributed by atoms with Crippen molar-refractivity contribution in [2.24, 2.45) is 0 Å². The van der Waals surface area contributed by atoms with Crippen LogP contribution in [0.25, 0.3) is 42.3 Å². The Kier molecular flexibility index (Phi) is 5.49. The maximum atomic E-state index is 10.3. The first kappa shape index (κ1) is 22.4. The summed E-state index contributed by atoms with van der Waals surface area (Å²) >= 11 is 8.34. The molecule has 5 rings (SSSR count). The molecule has 0 aliphatic carbocycles. The van der Waals surface area contributed by atoms with E-state index in [1.165, 1.54) is 15.5 Å². The largest absolute Gasteiger partial charge is 0.427 e. The molecule has 2 heterocycles. The van der Waals surface area contributed by atoms with Crippen LogP contribution in [-0.4, -0.2) is 28.8 Å². The van der Waals surface area contributed by atoms with E-state index in [0.717, 1.165) is 32.3 Å². The predicted octanol–water partition coefficient (Wildman–Crippen LogP) is 6.73. The van der Waals surface area contributed by atoms with E-state index in [4.69, 9.17) is 21.2 Å². The number of nitrogens with zero attached hydrogens (tertiary/aromatic N) is 1. The van der Waals surface area contributed by atoms with Crippen LogP contribution in [0.3, 0.4) is 0 Å². The average molecular weight is 473 g/mol. The molecule has 6 heteroatoms. The lowest BCUT2D eigenvalue weighted by Crippen LogP contribution is -2.49. The van der Waals surface area contributed by atoms with Gasteiger partial charge in [0, 0.05) is 26.4 Å². The molecule has 1 N–H and O–H groups in total. The third kappa shape index (κ3) is 3.93. The zero-order valence-electron chi connectivity index (χ0n) is 19.0. The van der Waals surface area contributed by atoms with Gasteiger partial charge in [0.2, 0.25) is 0 Å². The van der Waals surface area contributed by atoms with Crippen LogP contribution in [0.15, 0.2) is 66.7 Å². The van der Waals surface area contributed by atoms with E-state index in [2.05, 4.69) is 42.5 Å². The van der Waals surface area contributed by atoms with Gasteiger partial charge in [0.05, 0.1) is 32.1 Å². The molecular formula is C27H24BClNO2S. The highest BCUT2D eigenvalue weighted by molar-refractivity contribution is 7.26. The van der Waals surface area contributed by atoms with Gasteiger partial charge in [-0.1, -0.05) is 71.7 Å². The maximum Gasteiger partial charge on any atom is 0.330 e. The fourth-order valence-corrected chi connectivity index (χ4v) is 5.19. The highest BCUT2D eigenvalue weighted by Gasteiger charge is 2.35. The smallest absolute Gasteiger partial charge is 0.330 e. The van der Waals surface area contributed by atoms with E-state index >= 15 is 0 Å². The number of para-hydroxylation sites is 1. The zero-order valence-corrected chi connectivity index (χ0v) is 20.6. The van der Waals surface area contributed by atoms with Crippen LogP contribution < -0.4 is 5.46 Å². The molecule has 0 saturated carbocycles. The van der Waals surface area contributed by atoms with Gasteiger partial charge < -0.3 is 9.76 Å². The van der Waals surface area contributed by atoms with Crippen LogP contribution in [-0.2, 0) is 4.65 Å². The summed E-state index contributed by atoms with van der Waals surface area (Å²) in [6.45, 7) is 7.24. The third-order valence-corrected chi connectivity index (χ3v) is 7.92. The molecule has 0 amide bonds. The zero-order chi connectivity index (χ0) is 23.4. The summed E-state index contributed by atoms with van der Waals surface area (Å²) in [6, 6.07) is 22.6. The lowest BCUT2D eigenvalue weighted by atomic mass is 9.82. The molecule has 1 radical (unpaired) electrons. The fraction of sp³-hybridized carbons (Fsp3) is 0.222. The van der Waals surface area contributed by atoms with E-state index < -0.39 is 11.2 Å². The second kappa shape index (κ2) is 8.10. The molecule has 0 bridgehead atoms. The van der Waals surface area contributed by atoms with Crippen molar-refractivity contribution < 1.29 is 9.76 Å². The van der Waals surface area contributed by atoms with Crippen molar-refractivity contribution in [3.05, 3.63) is 71.8 Å². The number of rotatable bonds is 5. The van der Waals surface area contributed by atoms with Crippen molar-refractivity contribution in [2.75, 3.05) is 0 Å². The molecular weight excluding hydrogens is 449 g/mol. The molecule has 3 nitrogen and oxygen atoms in total. The molecule has 2 aromatic heterocycles. The van der Waals surface area contributed by atoms with Gasteiger partial charge in [-0.3, -0.25) is 0 Å². The summed E-state index contributed by atoms with van der Waals surface area (Å²) in [5, 5.41) is 14.5. The van der Waals surface area contributed by atoms with E-state index in [9.17, 15) is 5.11 Å². The van der Waals surface area contributed by atoms with Gasteiger partial charge in [-0.05, 0) is 39.8 Å². The first-order valence-corrected chi connectivity index (χ1v) is 12.1. The molecule has 0 aliphatic heterocycles. The van der Waals surface area contributed by atoms with E-state index in [0.29, 0.717) is 5.02 Å². The van der Waals surface area contributed by atoms with Crippen molar-refractivity contribution in [1.29, 1.82) is 0 Å². The lowest BCUT2D eigenvalue weighted by Gasteiger charge is -2.37. The first-order valence-electron chi connectivity index (χ1n) is 10.9. The van der Waals surface area contributed by atoms with Gasteiger partial charge in [0.25, 0.3) is 0 Å². The second-order valence-corrected chi connectivity index (χ2v) is 10.8. The van der Waals surface area contributed by atoms with Gasteiger partial charge in [-0.25, -0.2) is 4.98 Å². The summed E-state index contributed by atoms with van der Waals surface area (Å²) in [5.41, 5.74) is 2.00. The summed E-state index contributed by atoms with van der Waals surface area (Å²) < 4.78 is 8.29.